The number of aromatic nitrogens is 1. The molecular formula is C27H32ClN3O2. The fourth-order valence-corrected chi connectivity index (χ4v) is 5.53. The van der Waals surface area contributed by atoms with Gasteiger partial charge in [0.25, 0.3) is 0 Å². The van der Waals surface area contributed by atoms with Crippen LogP contribution >= 0.6 is 11.6 Å². The van der Waals surface area contributed by atoms with E-state index in [4.69, 9.17) is 16.3 Å². The zero-order valence-corrected chi connectivity index (χ0v) is 20.0. The van der Waals surface area contributed by atoms with Gasteiger partial charge in [-0.15, -0.1) is 0 Å². The van der Waals surface area contributed by atoms with Gasteiger partial charge in [-0.25, -0.2) is 0 Å². The maximum Gasteiger partial charge on any atom is 0.176 e. The summed E-state index contributed by atoms with van der Waals surface area (Å²) in [5, 5.41) is 11.5. The van der Waals surface area contributed by atoms with E-state index in [-0.39, 0.29) is 10.8 Å². The molecule has 2 aromatic carbocycles. The van der Waals surface area contributed by atoms with Gasteiger partial charge < -0.3 is 19.6 Å². The first kappa shape index (κ1) is 22.3. The molecule has 2 fully saturated rings. The van der Waals surface area contributed by atoms with Crippen molar-refractivity contribution in [3.8, 4) is 22.6 Å². The van der Waals surface area contributed by atoms with Crippen LogP contribution in [0, 0.1) is 5.92 Å². The highest BCUT2D eigenvalue weighted by atomic mass is 35.5. The predicted molar refractivity (Wildman–Crippen MR) is 136 cm³/mol. The summed E-state index contributed by atoms with van der Waals surface area (Å²) in [6.07, 6.45) is 8.50. The van der Waals surface area contributed by atoms with E-state index in [0.717, 1.165) is 41.0 Å². The number of likely N-dealkylation sites (tertiary alicyclic amines) is 1. The normalized spacial score (nSPS) is 17.7. The number of ether oxygens (including phenoxy) is 1. The summed E-state index contributed by atoms with van der Waals surface area (Å²) in [5.41, 5.74) is 4.17. The lowest BCUT2D eigenvalue weighted by molar-refractivity contribution is 0.280. The Kier molecular flexibility index (Phi) is 6.61. The molecule has 0 atom stereocenters. The van der Waals surface area contributed by atoms with Gasteiger partial charge in [0.1, 0.15) is 0 Å². The molecule has 0 radical (unpaired) electrons. The van der Waals surface area contributed by atoms with E-state index in [9.17, 15) is 5.11 Å². The van der Waals surface area contributed by atoms with Gasteiger partial charge in [0.05, 0.1) is 17.6 Å². The molecule has 174 valence electrons. The number of nitrogens with zero attached hydrogens (tertiary/aromatic N) is 3. The monoisotopic (exact) mass is 465 g/mol. The third-order valence-corrected chi connectivity index (χ3v) is 7.60. The third-order valence-electron chi connectivity index (χ3n) is 7.31. The fraction of sp³-hybridized carbons (Fsp3) is 0.444. The summed E-state index contributed by atoms with van der Waals surface area (Å²) in [5.74, 6) is 1.18. The molecule has 3 aromatic rings. The number of aromatic hydroxyl groups is 1. The average molecular weight is 466 g/mol. The molecule has 0 spiro atoms. The van der Waals surface area contributed by atoms with E-state index in [2.05, 4.69) is 33.0 Å². The number of pyridine rings is 1. The molecule has 3 heterocycles. The summed E-state index contributed by atoms with van der Waals surface area (Å²) in [4.78, 5) is 9.75. The highest BCUT2D eigenvalue weighted by Gasteiger charge is 2.22. The largest absolute Gasteiger partial charge is 0.503 e. The fourth-order valence-electron chi connectivity index (χ4n) is 5.32. The molecule has 33 heavy (non-hydrogen) atoms. The Morgan fingerprint density at radius 2 is 1.82 bits per heavy atom. The van der Waals surface area contributed by atoms with Gasteiger partial charge in [0, 0.05) is 30.4 Å². The summed E-state index contributed by atoms with van der Waals surface area (Å²) in [7, 11) is 1.53. The summed E-state index contributed by atoms with van der Waals surface area (Å²) >= 11 is 6.25. The smallest absolute Gasteiger partial charge is 0.176 e. The van der Waals surface area contributed by atoms with E-state index < -0.39 is 0 Å². The molecular weight excluding hydrogens is 434 g/mol. The van der Waals surface area contributed by atoms with Crippen LogP contribution in [0.1, 0.15) is 32.1 Å². The van der Waals surface area contributed by atoms with Crippen molar-refractivity contribution in [1.82, 2.24) is 9.88 Å². The van der Waals surface area contributed by atoms with Crippen LogP contribution in [0.2, 0.25) is 5.02 Å². The molecule has 2 saturated heterocycles. The van der Waals surface area contributed by atoms with Gasteiger partial charge in [0.15, 0.2) is 11.5 Å². The number of halogens is 1. The van der Waals surface area contributed by atoms with Gasteiger partial charge in [-0.3, -0.25) is 4.98 Å². The Morgan fingerprint density at radius 1 is 1.03 bits per heavy atom. The molecule has 0 bridgehead atoms. The van der Waals surface area contributed by atoms with Crippen molar-refractivity contribution in [1.29, 1.82) is 0 Å². The number of methoxy groups -OCH3 is 1. The van der Waals surface area contributed by atoms with Crippen LogP contribution in [0.5, 0.6) is 11.5 Å². The van der Waals surface area contributed by atoms with Crippen LogP contribution in [0.3, 0.4) is 0 Å². The average Bonchev–Trinajstić information content (AvgIpc) is 3.38. The Labute approximate surface area is 200 Å². The number of rotatable bonds is 6. The predicted octanol–water partition coefficient (Wildman–Crippen LogP) is 5.97. The summed E-state index contributed by atoms with van der Waals surface area (Å²) < 4.78 is 5.30. The standard InChI is InChI=1S/C27H32ClN3O2/c1-33-26-18-21(17-23(28)27(26)32)20-4-5-24-22(16-20)25(6-10-29-24)31-14-8-19(9-15-31)7-13-30-11-2-3-12-30/h4-6,10,16-19,32H,2-3,7-9,11-15H2,1H3. The second kappa shape index (κ2) is 9.78. The number of hydrogen-bond acceptors (Lipinski definition) is 5. The highest BCUT2D eigenvalue weighted by Crippen LogP contribution is 2.40. The van der Waals surface area contributed by atoms with Crippen molar-refractivity contribution in [2.75, 3.05) is 44.7 Å². The zero-order valence-electron chi connectivity index (χ0n) is 19.3. The second-order valence-corrected chi connectivity index (χ2v) is 9.75. The molecule has 0 aliphatic carbocycles. The number of anilines is 1. The van der Waals surface area contributed by atoms with E-state index in [1.54, 1.807) is 6.07 Å². The van der Waals surface area contributed by atoms with Crippen LogP contribution in [-0.2, 0) is 0 Å². The van der Waals surface area contributed by atoms with Gasteiger partial charge >= 0.3 is 0 Å². The van der Waals surface area contributed by atoms with Crippen molar-refractivity contribution in [2.24, 2.45) is 5.92 Å². The molecule has 1 N–H and O–H groups in total. The molecule has 0 amide bonds. The summed E-state index contributed by atoms with van der Waals surface area (Å²) in [6, 6.07) is 12.0. The van der Waals surface area contributed by atoms with Crippen molar-refractivity contribution < 1.29 is 9.84 Å². The van der Waals surface area contributed by atoms with E-state index >= 15 is 0 Å². The summed E-state index contributed by atoms with van der Waals surface area (Å²) in [6.45, 7) is 6.04. The molecule has 1 aromatic heterocycles. The molecule has 5 rings (SSSR count). The molecule has 2 aliphatic heterocycles. The second-order valence-electron chi connectivity index (χ2n) is 9.34. The minimum atomic E-state index is -0.0290. The van der Waals surface area contributed by atoms with Crippen LogP contribution < -0.4 is 9.64 Å². The first-order valence-corrected chi connectivity index (χ1v) is 12.4. The van der Waals surface area contributed by atoms with Crippen molar-refractivity contribution in [3.05, 3.63) is 47.6 Å². The maximum atomic E-state index is 10.1. The van der Waals surface area contributed by atoms with Gasteiger partial charge in [-0.2, -0.15) is 0 Å². The Bertz CT molecular complexity index is 1120. The van der Waals surface area contributed by atoms with E-state index in [1.165, 1.54) is 64.5 Å². The maximum absolute atomic E-state index is 10.1. The minimum Gasteiger partial charge on any atom is -0.503 e. The molecule has 0 unspecified atom stereocenters. The number of hydrogen-bond donors (Lipinski definition) is 1. The van der Waals surface area contributed by atoms with Crippen molar-refractivity contribution >= 4 is 28.2 Å². The molecule has 0 saturated carbocycles. The lowest BCUT2D eigenvalue weighted by Crippen LogP contribution is -2.35. The minimum absolute atomic E-state index is 0.0290. The number of benzene rings is 2. The third kappa shape index (κ3) is 4.75. The zero-order chi connectivity index (χ0) is 22.8. The van der Waals surface area contributed by atoms with E-state index in [1.807, 2.05) is 18.3 Å². The van der Waals surface area contributed by atoms with Gasteiger partial charge in [-0.1, -0.05) is 17.7 Å². The van der Waals surface area contributed by atoms with Crippen molar-refractivity contribution in [2.45, 2.75) is 32.1 Å². The molecule has 2 aliphatic rings. The quantitative estimate of drug-likeness (QED) is 0.485. The van der Waals surface area contributed by atoms with Gasteiger partial charge in [0.2, 0.25) is 0 Å². The Balaban J connectivity index is 1.36. The number of phenols is 1. The van der Waals surface area contributed by atoms with Crippen molar-refractivity contribution in [3.63, 3.8) is 0 Å². The number of phenolic OH excluding ortho intramolecular Hbond substituents is 1. The van der Waals surface area contributed by atoms with Crippen LogP contribution in [0.25, 0.3) is 22.0 Å². The highest BCUT2D eigenvalue weighted by molar-refractivity contribution is 6.32. The Hall–Kier alpha value is -2.50. The first-order valence-electron chi connectivity index (χ1n) is 12.1. The van der Waals surface area contributed by atoms with Crippen LogP contribution in [0.15, 0.2) is 42.6 Å². The number of piperidine rings is 1. The van der Waals surface area contributed by atoms with E-state index in [0.29, 0.717) is 5.75 Å². The lowest BCUT2D eigenvalue weighted by atomic mass is 9.92. The molecule has 6 heteroatoms. The Morgan fingerprint density at radius 3 is 2.58 bits per heavy atom. The first-order chi connectivity index (χ1) is 16.1. The SMILES string of the molecule is COc1cc(-c2ccc3nccc(N4CCC(CCN5CCCC5)CC4)c3c2)cc(Cl)c1O. The lowest BCUT2D eigenvalue weighted by Gasteiger charge is -2.35. The molecule has 5 nitrogen and oxygen atoms in total. The topological polar surface area (TPSA) is 48.8 Å². The van der Waals surface area contributed by atoms with Crippen LogP contribution in [-0.4, -0.2) is 54.8 Å². The number of fused-ring (bicyclic) bond motifs is 1. The van der Waals surface area contributed by atoms with Crippen LogP contribution in [0.4, 0.5) is 5.69 Å². The van der Waals surface area contributed by atoms with Gasteiger partial charge in [-0.05, 0) is 99.1 Å².